The van der Waals surface area contributed by atoms with Crippen molar-refractivity contribution in [1.82, 2.24) is 5.32 Å². The van der Waals surface area contributed by atoms with Crippen molar-refractivity contribution in [3.63, 3.8) is 0 Å². The lowest BCUT2D eigenvalue weighted by Crippen LogP contribution is -2.08. The highest BCUT2D eigenvalue weighted by Gasteiger charge is 2.13. The van der Waals surface area contributed by atoms with Crippen LogP contribution in [0.1, 0.15) is 11.1 Å². The van der Waals surface area contributed by atoms with E-state index < -0.39 is 4.92 Å². The normalized spacial score (nSPS) is 10.4. The van der Waals surface area contributed by atoms with Crippen molar-refractivity contribution in [3.8, 4) is 11.5 Å². The molecule has 110 valence electrons. The predicted octanol–water partition coefficient (Wildman–Crippen LogP) is 3.55. The van der Waals surface area contributed by atoms with E-state index in [1.165, 1.54) is 18.2 Å². The van der Waals surface area contributed by atoms with Crippen LogP contribution < -0.4 is 10.1 Å². The summed E-state index contributed by atoms with van der Waals surface area (Å²) in [5.41, 5.74) is 0.928. The Labute approximate surface area is 121 Å². The first kappa shape index (κ1) is 14.9. The smallest absolute Gasteiger partial charge is 0.272 e. The van der Waals surface area contributed by atoms with Crippen molar-refractivity contribution < 1.29 is 14.1 Å². The zero-order valence-electron chi connectivity index (χ0n) is 11.7. The summed E-state index contributed by atoms with van der Waals surface area (Å²) in [4.78, 5) is 10.3. The van der Waals surface area contributed by atoms with Crippen molar-refractivity contribution >= 4 is 5.69 Å². The molecule has 0 aromatic heterocycles. The van der Waals surface area contributed by atoms with Gasteiger partial charge in [0, 0.05) is 23.7 Å². The summed E-state index contributed by atoms with van der Waals surface area (Å²) in [6.07, 6.45) is 0. The van der Waals surface area contributed by atoms with Crippen molar-refractivity contribution in [2.75, 3.05) is 7.05 Å². The third-order valence-corrected chi connectivity index (χ3v) is 3.02. The standard InChI is InChI=1S/C15H15FN2O3/c1-10-8-11(6-7-14(10)18(19)20)21-15-5-3-4-13(16)12(15)9-17-2/h3-8,17H,9H2,1-2H3. The predicted molar refractivity (Wildman–Crippen MR) is 77.1 cm³/mol. The molecule has 0 unspecified atom stereocenters. The van der Waals surface area contributed by atoms with Crippen LogP contribution in [-0.2, 0) is 6.54 Å². The number of nitro benzene ring substituents is 1. The van der Waals surface area contributed by atoms with Crippen molar-refractivity contribution in [1.29, 1.82) is 0 Å². The van der Waals surface area contributed by atoms with Crippen LogP contribution in [0.2, 0.25) is 0 Å². The average molecular weight is 290 g/mol. The molecule has 21 heavy (non-hydrogen) atoms. The molecule has 0 amide bonds. The average Bonchev–Trinajstić information content (AvgIpc) is 2.42. The number of hydrogen-bond acceptors (Lipinski definition) is 4. The van der Waals surface area contributed by atoms with Crippen LogP contribution in [0.5, 0.6) is 11.5 Å². The minimum atomic E-state index is -0.451. The number of aryl methyl sites for hydroxylation is 1. The number of rotatable bonds is 5. The molecule has 0 aliphatic carbocycles. The zero-order valence-corrected chi connectivity index (χ0v) is 11.7. The Morgan fingerprint density at radius 2 is 2.10 bits per heavy atom. The van der Waals surface area contributed by atoms with E-state index in [0.29, 0.717) is 29.2 Å². The molecule has 2 aromatic rings. The van der Waals surface area contributed by atoms with E-state index in [1.807, 2.05) is 0 Å². The molecular formula is C15H15FN2O3. The fourth-order valence-electron chi connectivity index (χ4n) is 2.01. The molecule has 0 aliphatic heterocycles. The largest absolute Gasteiger partial charge is 0.457 e. The van der Waals surface area contributed by atoms with Crippen molar-refractivity contribution in [2.24, 2.45) is 0 Å². The minimum Gasteiger partial charge on any atom is -0.457 e. The van der Waals surface area contributed by atoms with Gasteiger partial charge in [-0.1, -0.05) is 6.07 Å². The van der Waals surface area contributed by atoms with Gasteiger partial charge in [0.25, 0.3) is 5.69 Å². The van der Waals surface area contributed by atoms with Gasteiger partial charge in [0.05, 0.1) is 4.92 Å². The number of nitrogens with zero attached hydrogens (tertiary/aromatic N) is 1. The van der Waals surface area contributed by atoms with Crippen LogP contribution in [0, 0.1) is 22.9 Å². The first-order valence-electron chi connectivity index (χ1n) is 6.38. The summed E-state index contributed by atoms with van der Waals surface area (Å²) in [6.45, 7) is 1.96. The zero-order chi connectivity index (χ0) is 15.4. The molecule has 0 atom stereocenters. The summed E-state index contributed by atoms with van der Waals surface area (Å²) in [7, 11) is 1.71. The quantitative estimate of drug-likeness (QED) is 0.675. The van der Waals surface area contributed by atoms with Crippen LogP contribution in [-0.4, -0.2) is 12.0 Å². The van der Waals surface area contributed by atoms with E-state index in [0.717, 1.165) is 0 Å². The maximum atomic E-state index is 13.8. The van der Waals surface area contributed by atoms with Gasteiger partial charge in [-0.15, -0.1) is 0 Å². The lowest BCUT2D eigenvalue weighted by Gasteiger charge is -2.12. The third kappa shape index (κ3) is 3.35. The first-order chi connectivity index (χ1) is 10.0. The highest BCUT2D eigenvalue weighted by Crippen LogP contribution is 2.30. The Kier molecular flexibility index (Phi) is 4.49. The Hall–Kier alpha value is -2.47. The minimum absolute atomic E-state index is 0.0250. The number of ether oxygens (including phenoxy) is 1. The summed E-state index contributed by atoms with van der Waals surface area (Å²) >= 11 is 0. The van der Waals surface area contributed by atoms with E-state index in [9.17, 15) is 14.5 Å². The van der Waals surface area contributed by atoms with E-state index in [1.54, 1.807) is 32.2 Å². The fraction of sp³-hybridized carbons (Fsp3) is 0.200. The lowest BCUT2D eigenvalue weighted by molar-refractivity contribution is -0.385. The van der Waals surface area contributed by atoms with Crippen LogP contribution in [0.15, 0.2) is 36.4 Å². The number of halogens is 1. The Morgan fingerprint density at radius 1 is 1.33 bits per heavy atom. The number of nitrogens with one attached hydrogen (secondary N) is 1. The van der Waals surface area contributed by atoms with E-state index in [-0.39, 0.29) is 11.5 Å². The maximum absolute atomic E-state index is 13.8. The van der Waals surface area contributed by atoms with Crippen LogP contribution >= 0.6 is 0 Å². The molecule has 1 N–H and O–H groups in total. The SMILES string of the molecule is CNCc1c(F)cccc1Oc1ccc([N+](=O)[O-])c(C)c1. The molecule has 0 spiro atoms. The van der Waals surface area contributed by atoms with Crippen LogP contribution in [0.3, 0.4) is 0 Å². The highest BCUT2D eigenvalue weighted by atomic mass is 19.1. The molecule has 0 heterocycles. The number of nitro groups is 1. The van der Waals surface area contributed by atoms with Gasteiger partial charge in [-0.05, 0) is 38.2 Å². The second-order valence-corrected chi connectivity index (χ2v) is 4.55. The van der Waals surface area contributed by atoms with Gasteiger partial charge in [-0.3, -0.25) is 10.1 Å². The second-order valence-electron chi connectivity index (χ2n) is 4.55. The van der Waals surface area contributed by atoms with Crippen LogP contribution in [0.25, 0.3) is 0 Å². The van der Waals surface area contributed by atoms with E-state index in [4.69, 9.17) is 4.74 Å². The second kappa shape index (κ2) is 6.32. The van der Waals surface area contributed by atoms with Gasteiger partial charge >= 0.3 is 0 Å². The number of benzene rings is 2. The third-order valence-electron chi connectivity index (χ3n) is 3.02. The summed E-state index contributed by atoms with van der Waals surface area (Å²) in [5, 5.41) is 13.7. The van der Waals surface area contributed by atoms with Gasteiger partial charge in [0.2, 0.25) is 0 Å². The van der Waals surface area contributed by atoms with Gasteiger partial charge in [0.15, 0.2) is 0 Å². The summed E-state index contributed by atoms with van der Waals surface area (Å²) in [5.74, 6) is 0.458. The molecule has 0 saturated heterocycles. The maximum Gasteiger partial charge on any atom is 0.272 e. The number of hydrogen-bond donors (Lipinski definition) is 1. The Balaban J connectivity index is 2.32. The fourth-order valence-corrected chi connectivity index (χ4v) is 2.01. The van der Waals surface area contributed by atoms with Gasteiger partial charge in [-0.2, -0.15) is 0 Å². The molecule has 2 aromatic carbocycles. The Morgan fingerprint density at radius 3 is 2.71 bits per heavy atom. The molecule has 0 aliphatic rings. The van der Waals surface area contributed by atoms with Gasteiger partial charge < -0.3 is 10.1 Å². The van der Waals surface area contributed by atoms with Gasteiger partial charge in [-0.25, -0.2) is 4.39 Å². The molecule has 2 rings (SSSR count). The molecular weight excluding hydrogens is 275 g/mol. The van der Waals surface area contributed by atoms with Crippen molar-refractivity contribution in [3.05, 3.63) is 63.5 Å². The van der Waals surface area contributed by atoms with Gasteiger partial charge in [0.1, 0.15) is 17.3 Å². The molecule has 5 nitrogen and oxygen atoms in total. The molecule has 0 fully saturated rings. The van der Waals surface area contributed by atoms with Crippen molar-refractivity contribution in [2.45, 2.75) is 13.5 Å². The van der Waals surface area contributed by atoms with Crippen LogP contribution in [0.4, 0.5) is 10.1 Å². The molecule has 6 heteroatoms. The van der Waals surface area contributed by atoms with E-state index in [2.05, 4.69) is 5.32 Å². The topological polar surface area (TPSA) is 64.4 Å². The van der Waals surface area contributed by atoms with E-state index >= 15 is 0 Å². The Bertz CT molecular complexity index is 674. The molecule has 0 saturated carbocycles. The lowest BCUT2D eigenvalue weighted by atomic mass is 10.1. The first-order valence-corrected chi connectivity index (χ1v) is 6.38. The summed E-state index contributed by atoms with van der Waals surface area (Å²) < 4.78 is 19.4. The molecule has 0 bridgehead atoms. The highest BCUT2D eigenvalue weighted by molar-refractivity contribution is 5.46. The summed E-state index contributed by atoms with van der Waals surface area (Å²) in [6, 6.07) is 9.02. The monoisotopic (exact) mass is 290 g/mol. The molecule has 0 radical (unpaired) electrons.